The third-order valence-corrected chi connectivity index (χ3v) is 5.96. The van der Waals surface area contributed by atoms with Crippen LogP contribution < -0.4 is 19.5 Å². The fraction of sp³-hybridized carbons (Fsp3) is 0.333. The van der Waals surface area contributed by atoms with E-state index < -0.39 is 17.9 Å². The summed E-state index contributed by atoms with van der Waals surface area (Å²) in [5, 5.41) is 13.0. The van der Waals surface area contributed by atoms with Gasteiger partial charge < -0.3 is 24.6 Å². The predicted molar refractivity (Wildman–Crippen MR) is 117 cm³/mol. The molecule has 0 unspecified atom stereocenters. The standard InChI is InChI=1S/C24H26N2O6/c1-3-10-25-21(27)13-26-12-18(16-6-9-19-20(11-16)32-14-31-19)22(24(28)29)23(26)15-4-7-17(30-2)8-5-15/h3-9,11,18,22-23H,1,10,12-14H2,2H3,(H,25,27)(H,28,29)/t18-,22-,23+/m0/s1. The van der Waals surface area contributed by atoms with Crippen molar-refractivity contribution < 1.29 is 28.9 Å². The van der Waals surface area contributed by atoms with E-state index in [4.69, 9.17) is 14.2 Å². The van der Waals surface area contributed by atoms with Crippen molar-refractivity contribution in [3.05, 3.63) is 66.2 Å². The maximum Gasteiger partial charge on any atom is 0.309 e. The Labute approximate surface area is 186 Å². The average molecular weight is 438 g/mol. The molecule has 0 radical (unpaired) electrons. The predicted octanol–water partition coefficient (Wildman–Crippen LogP) is 2.57. The van der Waals surface area contributed by atoms with Gasteiger partial charge in [0.25, 0.3) is 0 Å². The summed E-state index contributed by atoms with van der Waals surface area (Å²) in [5.41, 5.74) is 1.66. The molecule has 1 saturated heterocycles. The second-order valence-electron chi connectivity index (χ2n) is 7.82. The van der Waals surface area contributed by atoms with Gasteiger partial charge in [0.05, 0.1) is 19.6 Å². The molecule has 0 bridgehead atoms. The third-order valence-electron chi connectivity index (χ3n) is 5.96. The van der Waals surface area contributed by atoms with Gasteiger partial charge in [0.1, 0.15) is 5.75 Å². The normalized spacial score (nSPS) is 21.8. The Morgan fingerprint density at radius 3 is 2.59 bits per heavy atom. The van der Waals surface area contributed by atoms with Gasteiger partial charge in [-0.3, -0.25) is 14.5 Å². The number of nitrogens with zero attached hydrogens (tertiary/aromatic N) is 1. The zero-order valence-corrected chi connectivity index (χ0v) is 17.8. The molecule has 1 amide bonds. The first kappa shape index (κ1) is 21.7. The molecule has 2 aliphatic heterocycles. The molecule has 32 heavy (non-hydrogen) atoms. The molecule has 8 heteroatoms. The van der Waals surface area contributed by atoms with Crippen LogP contribution in [0.3, 0.4) is 0 Å². The van der Waals surface area contributed by atoms with E-state index in [1.165, 1.54) is 0 Å². The van der Waals surface area contributed by atoms with Gasteiger partial charge in [-0.25, -0.2) is 0 Å². The number of carboxylic acid groups (broad SMARTS) is 1. The molecule has 0 spiro atoms. The molecular weight excluding hydrogens is 412 g/mol. The number of carboxylic acids is 1. The average Bonchev–Trinajstić information content (AvgIpc) is 3.42. The van der Waals surface area contributed by atoms with Gasteiger partial charge in [0.15, 0.2) is 11.5 Å². The van der Waals surface area contributed by atoms with Crippen LogP contribution in [0.25, 0.3) is 0 Å². The number of fused-ring (bicyclic) bond motifs is 1. The first-order chi connectivity index (χ1) is 15.5. The Morgan fingerprint density at radius 1 is 1.19 bits per heavy atom. The van der Waals surface area contributed by atoms with E-state index in [0.717, 1.165) is 11.1 Å². The minimum absolute atomic E-state index is 0.0787. The van der Waals surface area contributed by atoms with Crippen LogP contribution in [0.4, 0.5) is 0 Å². The van der Waals surface area contributed by atoms with E-state index in [9.17, 15) is 14.7 Å². The van der Waals surface area contributed by atoms with Crippen molar-refractivity contribution in [2.24, 2.45) is 5.92 Å². The Morgan fingerprint density at radius 2 is 1.91 bits per heavy atom. The molecular formula is C24H26N2O6. The summed E-state index contributed by atoms with van der Waals surface area (Å²) in [4.78, 5) is 26.9. The number of aliphatic carboxylic acids is 1. The van der Waals surface area contributed by atoms with Gasteiger partial charge in [0.2, 0.25) is 12.7 Å². The summed E-state index contributed by atoms with van der Waals surface area (Å²) in [6.07, 6.45) is 1.61. The highest BCUT2D eigenvalue weighted by Crippen LogP contribution is 2.47. The Kier molecular flexibility index (Phi) is 6.32. The monoisotopic (exact) mass is 438 g/mol. The van der Waals surface area contributed by atoms with E-state index in [-0.39, 0.29) is 25.2 Å². The Bertz CT molecular complexity index is 1010. The SMILES string of the molecule is C=CCNC(=O)CN1C[C@@H](c2ccc3c(c2)OCO3)[C@H](C(=O)O)[C@H]1c1ccc(OC)cc1. The van der Waals surface area contributed by atoms with Crippen molar-refractivity contribution in [3.8, 4) is 17.2 Å². The van der Waals surface area contributed by atoms with Gasteiger partial charge in [0, 0.05) is 25.0 Å². The number of hydrogen-bond donors (Lipinski definition) is 2. The molecule has 2 aromatic rings. The van der Waals surface area contributed by atoms with Gasteiger partial charge in [-0.1, -0.05) is 24.3 Å². The number of methoxy groups -OCH3 is 1. The highest BCUT2D eigenvalue weighted by atomic mass is 16.7. The highest BCUT2D eigenvalue weighted by Gasteiger charge is 2.48. The molecule has 4 rings (SSSR count). The number of carbonyl (C=O) groups excluding carboxylic acids is 1. The largest absolute Gasteiger partial charge is 0.497 e. The third kappa shape index (κ3) is 4.27. The van der Waals surface area contributed by atoms with Crippen LogP contribution in [-0.4, -0.2) is 55.4 Å². The molecule has 8 nitrogen and oxygen atoms in total. The summed E-state index contributed by atoms with van der Waals surface area (Å²) in [5.74, 6) is -0.249. The lowest BCUT2D eigenvalue weighted by molar-refractivity contribution is -0.143. The summed E-state index contributed by atoms with van der Waals surface area (Å²) in [6, 6.07) is 12.4. The number of hydrogen-bond acceptors (Lipinski definition) is 6. The van der Waals surface area contributed by atoms with Crippen molar-refractivity contribution in [2.45, 2.75) is 12.0 Å². The number of ether oxygens (including phenoxy) is 3. The van der Waals surface area contributed by atoms with Crippen LogP contribution in [-0.2, 0) is 9.59 Å². The van der Waals surface area contributed by atoms with Crippen molar-refractivity contribution in [1.82, 2.24) is 10.2 Å². The van der Waals surface area contributed by atoms with E-state index >= 15 is 0 Å². The van der Waals surface area contributed by atoms with Crippen LogP contribution in [0.1, 0.15) is 23.1 Å². The smallest absolute Gasteiger partial charge is 0.309 e. The molecule has 2 heterocycles. The summed E-state index contributed by atoms with van der Waals surface area (Å²) >= 11 is 0. The number of carbonyl (C=O) groups is 2. The maximum absolute atomic E-state index is 12.5. The van der Waals surface area contributed by atoms with Gasteiger partial charge >= 0.3 is 5.97 Å². The Balaban J connectivity index is 1.70. The van der Waals surface area contributed by atoms with Gasteiger partial charge in [-0.15, -0.1) is 6.58 Å². The number of likely N-dealkylation sites (tertiary alicyclic amines) is 1. The molecule has 0 saturated carbocycles. The minimum Gasteiger partial charge on any atom is -0.497 e. The van der Waals surface area contributed by atoms with Crippen LogP contribution >= 0.6 is 0 Å². The molecule has 3 atom stereocenters. The number of amides is 1. The summed E-state index contributed by atoms with van der Waals surface area (Å²) in [7, 11) is 1.58. The number of benzene rings is 2. The molecule has 2 N–H and O–H groups in total. The van der Waals surface area contributed by atoms with Gasteiger partial charge in [-0.2, -0.15) is 0 Å². The van der Waals surface area contributed by atoms with Crippen LogP contribution in [0, 0.1) is 5.92 Å². The van der Waals surface area contributed by atoms with Crippen molar-refractivity contribution in [1.29, 1.82) is 0 Å². The molecule has 2 aliphatic rings. The molecule has 0 aromatic heterocycles. The second-order valence-corrected chi connectivity index (χ2v) is 7.82. The van der Waals surface area contributed by atoms with Crippen molar-refractivity contribution in [2.75, 3.05) is 33.5 Å². The first-order valence-corrected chi connectivity index (χ1v) is 10.4. The van der Waals surface area contributed by atoms with Crippen LogP contribution in [0.15, 0.2) is 55.1 Å². The van der Waals surface area contributed by atoms with E-state index in [1.807, 2.05) is 29.2 Å². The highest BCUT2D eigenvalue weighted by molar-refractivity contribution is 5.79. The summed E-state index contributed by atoms with van der Waals surface area (Å²) < 4.78 is 16.1. The lowest BCUT2D eigenvalue weighted by atomic mass is 9.82. The second kappa shape index (κ2) is 9.32. The van der Waals surface area contributed by atoms with E-state index in [2.05, 4.69) is 11.9 Å². The minimum atomic E-state index is -0.914. The molecule has 1 fully saturated rings. The Hall–Kier alpha value is -3.52. The van der Waals surface area contributed by atoms with Crippen molar-refractivity contribution in [3.63, 3.8) is 0 Å². The fourth-order valence-corrected chi connectivity index (χ4v) is 4.50. The molecule has 2 aromatic carbocycles. The molecule has 0 aliphatic carbocycles. The van der Waals surface area contributed by atoms with Crippen LogP contribution in [0.5, 0.6) is 17.2 Å². The van der Waals surface area contributed by atoms with E-state index in [0.29, 0.717) is 30.3 Å². The zero-order chi connectivity index (χ0) is 22.7. The topological polar surface area (TPSA) is 97.3 Å². The van der Waals surface area contributed by atoms with Crippen LogP contribution in [0.2, 0.25) is 0 Å². The zero-order valence-electron chi connectivity index (χ0n) is 17.8. The van der Waals surface area contributed by atoms with Crippen molar-refractivity contribution >= 4 is 11.9 Å². The lowest BCUT2D eigenvalue weighted by Gasteiger charge is -2.27. The van der Waals surface area contributed by atoms with E-state index in [1.54, 1.807) is 31.4 Å². The first-order valence-electron chi connectivity index (χ1n) is 10.4. The maximum atomic E-state index is 12.5. The summed E-state index contributed by atoms with van der Waals surface area (Å²) in [6.45, 7) is 4.61. The number of nitrogens with one attached hydrogen (secondary N) is 1. The fourth-order valence-electron chi connectivity index (χ4n) is 4.50. The molecule has 168 valence electrons. The number of rotatable bonds is 8. The quantitative estimate of drug-likeness (QED) is 0.612. The lowest BCUT2D eigenvalue weighted by Crippen LogP contribution is -2.38. The van der Waals surface area contributed by atoms with Gasteiger partial charge in [-0.05, 0) is 35.4 Å².